The van der Waals surface area contributed by atoms with E-state index in [0.717, 1.165) is 24.3 Å². The molecule has 1 fully saturated rings. The van der Waals surface area contributed by atoms with Gasteiger partial charge in [0, 0.05) is 11.1 Å². The van der Waals surface area contributed by atoms with Crippen LogP contribution in [0.4, 0.5) is 26.3 Å². The number of terminal acetylenes is 2. The van der Waals surface area contributed by atoms with Gasteiger partial charge in [-0.2, -0.15) is 26.3 Å². The summed E-state index contributed by atoms with van der Waals surface area (Å²) in [6.45, 7) is 0. The van der Waals surface area contributed by atoms with Gasteiger partial charge in [0.15, 0.2) is 0 Å². The standard InChI is InChI=1S/C20H10F6O2/c1-3-13-7-5-9-15(11-13)27-19(25)17(21,22)18(23,24)20(19,26)28-16-10-6-8-14(4-2)12-16/h1-2,5-12H. The third kappa shape index (κ3) is 2.41. The van der Waals surface area contributed by atoms with Crippen LogP contribution in [0, 0.1) is 24.7 Å². The second-order valence-corrected chi connectivity index (χ2v) is 5.89. The first-order valence-corrected chi connectivity index (χ1v) is 7.67. The molecule has 0 aromatic heterocycles. The lowest BCUT2D eigenvalue weighted by Crippen LogP contribution is -2.89. The van der Waals surface area contributed by atoms with E-state index < -0.39 is 35.1 Å². The van der Waals surface area contributed by atoms with Crippen molar-refractivity contribution in [2.75, 3.05) is 0 Å². The minimum atomic E-state index is -5.54. The van der Waals surface area contributed by atoms with Crippen molar-refractivity contribution >= 4 is 0 Å². The Kier molecular flexibility index (Phi) is 4.27. The highest BCUT2D eigenvalue weighted by Crippen LogP contribution is 2.68. The van der Waals surface area contributed by atoms with E-state index in [4.69, 9.17) is 12.8 Å². The van der Waals surface area contributed by atoms with Crippen molar-refractivity contribution in [1.82, 2.24) is 0 Å². The summed E-state index contributed by atoms with van der Waals surface area (Å²) < 4.78 is 94.4. The Bertz CT molecular complexity index is 925. The monoisotopic (exact) mass is 396 g/mol. The first-order chi connectivity index (χ1) is 13.0. The van der Waals surface area contributed by atoms with Gasteiger partial charge in [0.25, 0.3) is 0 Å². The maximum Gasteiger partial charge on any atom is 0.395 e. The van der Waals surface area contributed by atoms with E-state index in [1.54, 1.807) is 0 Å². The average molecular weight is 396 g/mol. The third-order valence-corrected chi connectivity index (χ3v) is 4.13. The Hall–Kier alpha value is -3.26. The lowest BCUT2D eigenvalue weighted by atomic mass is 9.76. The molecule has 2 nitrogen and oxygen atoms in total. The Morgan fingerprint density at radius 3 is 1.32 bits per heavy atom. The van der Waals surface area contributed by atoms with E-state index >= 15 is 0 Å². The van der Waals surface area contributed by atoms with Gasteiger partial charge >= 0.3 is 23.6 Å². The number of hydrogen-bond acceptors (Lipinski definition) is 2. The number of benzene rings is 2. The van der Waals surface area contributed by atoms with Crippen LogP contribution in [0.3, 0.4) is 0 Å². The highest BCUT2D eigenvalue weighted by atomic mass is 19.3. The fourth-order valence-electron chi connectivity index (χ4n) is 2.63. The fourth-order valence-corrected chi connectivity index (χ4v) is 2.63. The van der Waals surface area contributed by atoms with E-state index in [0.29, 0.717) is 0 Å². The summed E-state index contributed by atoms with van der Waals surface area (Å²) in [7, 11) is 0. The highest BCUT2D eigenvalue weighted by Gasteiger charge is 3.03. The minimum Gasteiger partial charge on any atom is -0.447 e. The number of alkyl halides is 6. The smallest absolute Gasteiger partial charge is 0.395 e. The molecule has 1 aliphatic carbocycles. The first-order valence-electron chi connectivity index (χ1n) is 7.67. The quantitative estimate of drug-likeness (QED) is 0.550. The summed E-state index contributed by atoms with van der Waals surface area (Å²) in [5.41, 5.74) is 0.144. The molecule has 2 aromatic carbocycles. The Morgan fingerprint density at radius 1 is 0.643 bits per heavy atom. The zero-order chi connectivity index (χ0) is 20.8. The molecular formula is C20H10F6O2. The molecule has 2 unspecified atom stereocenters. The van der Waals surface area contributed by atoms with Crippen molar-refractivity contribution in [3.8, 4) is 36.2 Å². The molecule has 0 radical (unpaired) electrons. The largest absolute Gasteiger partial charge is 0.447 e. The molecule has 8 heteroatoms. The van der Waals surface area contributed by atoms with Crippen molar-refractivity contribution in [3.05, 3.63) is 59.7 Å². The van der Waals surface area contributed by atoms with Crippen LogP contribution in [-0.4, -0.2) is 23.6 Å². The molecule has 0 saturated heterocycles. The van der Waals surface area contributed by atoms with Gasteiger partial charge in [0.1, 0.15) is 11.5 Å². The van der Waals surface area contributed by atoms with Gasteiger partial charge in [-0.3, -0.25) is 0 Å². The van der Waals surface area contributed by atoms with Gasteiger partial charge in [-0.1, -0.05) is 24.0 Å². The Balaban J connectivity index is 2.03. The molecule has 2 aromatic rings. The van der Waals surface area contributed by atoms with Crippen LogP contribution in [-0.2, 0) is 0 Å². The predicted octanol–water partition coefficient (Wildman–Crippen LogP) is 4.72. The summed E-state index contributed by atoms with van der Waals surface area (Å²) in [5, 5.41) is 0. The molecule has 2 atom stereocenters. The second kappa shape index (κ2) is 6.13. The molecule has 0 N–H and O–H groups in total. The van der Waals surface area contributed by atoms with Gasteiger partial charge < -0.3 is 9.47 Å². The molecule has 144 valence electrons. The molecule has 0 heterocycles. The van der Waals surface area contributed by atoms with E-state index in [2.05, 4.69) is 21.3 Å². The van der Waals surface area contributed by atoms with Crippen LogP contribution in [0.1, 0.15) is 11.1 Å². The van der Waals surface area contributed by atoms with Crippen LogP contribution in [0.2, 0.25) is 0 Å². The van der Waals surface area contributed by atoms with Gasteiger partial charge in [0.05, 0.1) is 0 Å². The van der Waals surface area contributed by atoms with E-state index in [-0.39, 0.29) is 11.1 Å². The lowest BCUT2D eigenvalue weighted by Gasteiger charge is -2.55. The lowest BCUT2D eigenvalue weighted by molar-refractivity contribution is -0.527. The van der Waals surface area contributed by atoms with Crippen molar-refractivity contribution in [2.45, 2.75) is 23.6 Å². The van der Waals surface area contributed by atoms with E-state index in [1.807, 2.05) is 0 Å². The van der Waals surface area contributed by atoms with Crippen molar-refractivity contribution in [2.24, 2.45) is 0 Å². The molecule has 0 aliphatic heterocycles. The second-order valence-electron chi connectivity index (χ2n) is 5.89. The normalized spacial score (nSPS) is 27.0. The first kappa shape index (κ1) is 19.5. The molecule has 0 spiro atoms. The molecule has 1 saturated carbocycles. The number of rotatable bonds is 4. The topological polar surface area (TPSA) is 18.5 Å². The molecule has 28 heavy (non-hydrogen) atoms. The number of ether oxygens (including phenoxy) is 2. The zero-order valence-corrected chi connectivity index (χ0v) is 13.9. The molecular weight excluding hydrogens is 386 g/mol. The third-order valence-electron chi connectivity index (χ3n) is 4.13. The van der Waals surface area contributed by atoms with E-state index in [1.165, 1.54) is 24.3 Å². The van der Waals surface area contributed by atoms with E-state index in [9.17, 15) is 26.3 Å². The van der Waals surface area contributed by atoms with Gasteiger partial charge in [-0.05, 0) is 36.4 Å². The summed E-state index contributed by atoms with van der Waals surface area (Å²) in [6, 6.07) is 8.80. The van der Waals surface area contributed by atoms with Gasteiger partial charge in [0.2, 0.25) is 0 Å². The van der Waals surface area contributed by atoms with Crippen LogP contribution in [0.25, 0.3) is 0 Å². The minimum absolute atomic E-state index is 0.0718. The summed E-state index contributed by atoms with van der Waals surface area (Å²) in [4.78, 5) is 0. The summed E-state index contributed by atoms with van der Waals surface area (Å²) in [5.74, 6) is -17.9. The van der Waals surface area contributed by atoms with Crippen LogP contribution in [0.5, 0.6) is 11.5 Å². The number of hydrogen-bond donors (Lipinski definition) is 0. The zero-order valence-electron chi connectivity index (χ0n) is 13.9. The van der Waals surface area contributed by atoms with Crippen molar-refractivity contribution in [3.63, 3.8) is 0 Å². The molecule has 0 amide bonds. The summed E-state index contributed by atoms with van der Waals surface area (Å²) >= 11 is 0. The van der Waals surface area contributed by atoms with Crippen LogP contribution >= 0.6 is 0 Å². The molecule has 1 aliphatic rings. The number of halogens is 6. The average Bonchev–Trinajstić information content (AvgIpc) is 2.67. The molecule has 0 bridgehead atoms. The SMILES string of the molecule is C#Cc1cccc(OC2(F)C(F)(F)C(F)(F)C2(F)Oc2cccc(C#C)c2)c1. The van der Waals surface area contributed by atoms with Crippen LogP contribution < -0.4 is 9.47 Å². The Morgan fingerprint density at radius 2 is 1.00 bits per heavy atom. The maximum absolute atomic E-state index is 15.0. The van der Waals surface area contributed by atoms with Gasteiger partial charge in [-0.25, -0.2) is 0 Å². The predicted molar refractivity (Wildman–Crippen MR) is 87.6 cm³/mol. The van der Waals surface area contributed by atoms with Gasteiger partial charge in [-0.15, -0.1) is 12.8 Å². The Labute approximate surface area is 156 Å². The van der Waals surface area contributed by atoms with Crippen molar-refractivity contribution in [1.29, 1.82) is 0 Å². The van der Waals surface area contributed by atoms with Crippen LogP contribution in [0.15, 0.2) is 48.5 Å². The summed E-state index contributed by atoms with van der Waals surface area (Å²) in [6.07, 6.45) is 10.3. The fraction of sp³-hybridized carbons (Fsp3) is 0.200. The molecule has 3 rings (SSSR count). The highest BCUT2D eigenvalue weighted by molar-refractivity contribution is 5.41. The van der Waals surface area contributed by atoms with Crippen molar-refractivity contribution < 1.29 is 35.8 Å². The maximum atomic E-state index is 15.0.